The topological polar surface area (TPSA) is 76.5 Å². The quantitative estimate of drug-likeness (QED) is 0.781. The number of nitrogens with two attached hydrogens (primary N) is 1. The Balaban J connectivity index is 3.11. The Bertz CT molecular complexity index is 477. The molecule has 0 aliphatic heterocycles. The Morgan fingerprint density at radius 3 is 2.59 bits per heavy atom. The molecule has 96 valence electrons. The van der Waals surface area contributed by atoms with E-state index in [1.165, 1.54) is 10.4 Å². The first-order valence-corrected chi connectivity index (χ1v) is 6.79. The standard InChI is InChI=1S/C11H18N2O3S/c1-4-7-13(9(2)3)17(14,15)11-6-5-10(8-12)16-11/h4-6,9H,1,7-8,12H2,2-3H3. The van der Waals surface area contributed by atoms with Gasteiger partial charge in [0.25, 0.3) is 10.0 Å². The first-order valence-electron chi connectivity index (χ1n) is 5.35. The third kappa shape index (κ3) is 2.96. The molecule has 17 heavy (non-hydrogen) atoms. The highest BCUT2D eigenvalue weighted by atomic mass is 32.2. The van der Waals surface area contributed by atoms with Gasteiger partial charge in [0.15, 0.2) is 0 Å². The molecule has 1 rings (SSSR count). The highest BCUT2D eigenvalue weighted by Crippen LogP contribution is 2.20. The molecule has 0 fully saturated rings. The number of nitrogens with zero attached hydrogens (tertiary/aromatic N) is 1. The van der Waals surface area contributed by atoms with Crippen LogP contribution in [-0.4, -0.2) is 25.3 Å². The van der Waals surface area contributed by atoms with Gasteiger partial charge in [-0.2, -0.15) is 4.31 Å². The SMILES string of the molecule is C=CCN(C(C)C)S(=O)(=O)c1ccc(CN)o1. The van der Waals surface area contributed by atoms with Gasteiger partial charge in [-0.1, -0.05) is 6.08 Å². The molecule has 2 N–H and O–H groups in total. The van der Waals surface area contributed by atoms with Crippen LogP contribution in [0.5, 0.6) is 0 Å². The van der Waals surface area contributed by atoms with E-state index in [-0.39, 0.29) is 24.2 Å². The monoisotopic (exact) mass is 258 g/mol. The second-order valence-electron chi connectivity index (χ2n) is 3.88. The normalized spacial score (nSPS) is 12.3. The predicted molar refractivity (Wildman–Crippen MR) is 65.8 cm³/mol. The van der Waals surface area contributed by atoms with Gasteiger partial charge in [0.1, 0.15) is 5.76 Å². The Kier molecular flexibility index (Phi) is 4.50. The maximum Gasteiger partial charge on any atom is 0.276 e. The first kappa shape index (κ1) is 14.0. The number of hydrogen-bond acceptors (Lipinski definition) is 4. The summed E-state index contributed by atoms with van der Waals surface area (Å²) in [6.07, 6.45) is 1.55. The van der Waals surface area contributed by atoms with Gasteiger partial charge < -0.3 is 10.2 Å². The van der Waals surface area contributed by atoms with Crippen LogP contribution >= 0.6 is 0 Å². The van der Waals surface area contributed by atoms with Crippen molar-refractivity contribution in [2.24, 2.45) is 5.73 Å². The van der Waals surface area contributed by atoms with Gasteiger partial charge in [0, 0.05) is 12.6 Å². The largest absolute Gasteiger partial charge is 0.447 e. The van der Waals surface area contributed by atoms with Crippen molar-refractivity contribution in [3.05, 3.63) is 30.5 Å². The van der Waals surface area contributed by atoms with Crippen LogP contribution < -0.4 is 5.73 Å². The Morgan fingerprint density at radius 1 is 1.53 bits per heavy atom. The second kappa shape index (κ2) is 5.48. The van der Waals surface area contributed by atoms with Crippen LogP contribution in [-0.2, 0) is 16.6 Å². The van der Waals surface area contributed by atoms with Crippen molar-refractivity contribution in [1.82, 2.24) is 4.31 Å². The fourth-order valence-corrected chi connectivity index (χ4v) is 2.98. The molecular formula is C11H18N2O3S. The molecule has 0 bridgehead atoms. The van der Waals surface area contributed by atoms with Crippen LogP contribution in [0, 0.1) is 0 Å². The number of hydrogen-bond donors (Lipinski definition) is 1. The van der Waals surface area contributed by atoms with E-state index in [2.05, 4.69) is 6.58 Å². The molecule has 1 aromatic rings. The van der Waals surface area contributed by atoms with Crippen molar-refractivity contribution in [3.8, 4) is 0 Å². The minimum absolute atomic E-state index is 0.0755. The van der Waals surface area contributed by atoms with Crippen LogP contribution in [0.15, 0.2) is 34.3 Å². The van der Waals surface area contributed by atoms with Crippen molar-refractivity contribution < 1.29 is 12.8 Å². The molecule has 0 atom stereocenters. The molecule has 0 aliphatic carbocycles. The van der Waals surface area contributed by atoms with E-state index < -0.39 is 10.0 Å². The highest BCUT2D eigenvalue weighted by molar-refractivity contribution is 7.89. The predicted octanol–water partition coefficient (Wildman–Crippen LogP) is 1.32. The molecule has 0 saturated heterocycles. The fraction of sp³-hybridized carbons (Fsp3) is 0.455. The van der Waals surface area contributed by atoms with Gasteiger partial charge in [-0.3, -0.25) is 0 Å². The summed E-state index contributed by atoms with van der Waals surface area (Å²) in [5, 5.41) is -0.0755. The van der Waals surface area contributed by atoms with Gasteiger partial charge in [-0.15, -0.1) is 6.58 Å². The summed E-state index contributed by atoms with van der Waals surface area (Å²) in [5.41, 5.74) is 5.38. The van der Waals surface area contributed by atoms with E-state index in [0.29, 0.717) is 5.76 Å². The van der Waals surface area contributed by atoms with Crippen molar-refractivity contribution >= 4 is 10.0 Å². The van der Waals surface area contributed by atoms with Crippen LogP contribution in [0.25, 0.3) is 0 Å². The summed E-state index contributed by atoms with van der Waals surface area (Å²) in [6.45, 7) is 7.58. The number of rotatable bonds is 6. The van der Waals surface area contributed by atoms with E-state index in [0.717, 1.165) is 0 Å². The molecule has 1 heterocycles. The van der Waals surface area contributed by atoms with Crippen molar-refractivity contribution in [2.75, 3.05) is 6.54 Å². The molecule has 0 saturated carbocycles. The Hall–Kier alpha value is -1.11. The molecule has 5 nitrogen and oxygen atoms in total. The summed E-state index contributed by atoms with van der Waals surface area (Å²) in [5.74, 6) is 0.450. The average Bonchev–Trinajstić information content (AvgIpc) is 2.74. The van der Waals surface area contributed by atoms with Crippen LogP contribution in [0.2, 0.25) is 0 Å². The smallest absolute Gasteiger partial charge is 0.276 e. The first-order chi connectivity index (χ1) is 7.93. The van der Waals surface area contributed by atoms with E-state index in [1.54, 1.807) is 26.0 Å². The molecule has 0 radical (unpaired) electrons. The molecule has 0 amide bonds. The number of furan rings is 1. The van der Waals surface area contributed by atoms with Gasteiger partial charge in [0.05, 0.1) is 6.54 Å². The lowest BCUT2D eigenvalue weighted by Crippen LogP contribution is -2.36. The maximum atomic E-state index is 12.2. The summed E-state index contributed by atoms with van der Waals surface area (Å²) >= 11 is 0. The lowest BCUT2D eigenvalue weighted by atomic mass is 10.4. The van der Waals surface area contributed by atoms with Gasteiger partial charge in [0.2, 0.25) is 5.09 Å². The second-order valence-corrected chi connectivity index (χ2v) is 5.70. The molecule has 0 aromatic carbocycles. The third-order valence-electron chi connectivity index (χ3n) is 2.29. The molecule has 0 unspecified atom stereocenters. The molecule has 6 heteroatoms. The van der Waals surface area contributed by atoms with Gasteiger partial charge >= 0.3 is 0 Å². The van der Waals surface area contributed by atoms with Crippen LogP contribution in [0.3, 0.4) is 0 Å². The molecule has 1 aromatic heterocycles. The fourth-order valence-electron chi connectivity index (χ4n) is 1.44. The zero-order valence-electron chi connectivity index (χ0n) is 10.1. The summed E-state index contributed by atoms with van der Waals surface area (Å²) < 4.78 is 31.0. The molecule has 0 spiro atoms. The van der Waals surface area contributed by atoms with Crippen LogP contribution in [0.1, 0.15) is 19.6 Å². The van der Waals surface area contributed by atoms with Crippen LogP contribution in [0.4, 0.5) is 0 Å². The van der Waals surface area contributed by atoms with E-state index in [1.807, 2.05) is 0 Å². The van der Waals surface area contributed by atoms with Crippen molar-refractivity contribution in [1.29, 1.82) is 0 Å². The van der Waals surface area contributed by atoms with E-state index in [9.17, 15) is 8.42 Å². The third-order valence-corrected chi connectivity index (χ3v) is 4.20. The average molecular weight is 258 g/mol. The zero-order valence-corrected chi connectivity index (χ0v) is 10.9. The highest BCUT2D eigenvalue weighted by Gasteiger charge is 2.28. The molecular weight excluding hydrogens is 240 g/mol. The number of sulfonamides is 1. The minimum Gasteiger partial charge on any atom is -0.447 e. The summed E-state index contributed by atoms with van der Waals surface area (Å²) in [7, 11) is -3.61. The van der Waals surface area contributed by atoms with Gasteiger partial charge in [-0.25, -0.2) is 8.42 Å². The van der Waals surface area contributed by atoms with Gasteiger partial charge in [-0.05, 0) is 26.0 Å². The van der Waals surface area contributed by atoms with Crippen molar-refractivity contribution in [3.63, 3.8) is 0 Å². The van der Waals surface area contributed by atoms with E-state index >= 15 is 0 Å². The lowest BCUT2D eigenvalue weighted by molar-refractivity contribution is 0.351. The van der Waals surface area contributed by atoms with Crippen molar-refractivity contribution in [2.45, 2.75) is 31.5 Å². The minimum atomic E-state index is -3.61. The molecule has 0 aliphatic rings. The Labute approximate surface area is 102 Å². The lowest BCUT2D eigenvalue weighted by Gasteiger charge is -2.22. The van der Waals surface area contributed by atoms with E-state index in [4.69, 9.17) is 10.2 Å². The summed E-state index contributed by atoms with van der Waals surface area (Å²) in [6, 6.07) is 2.83. The Morgan fingerprint density at radius 2 is 2.18 bits per heavy atom. The maximum absolute atomic E-state index is 12.2. The summed E-state index contributed by atoms with van der Waals surface area (Å²) in [4.78, 5) is 0. The zero-order chi connectivity index (χ0) is 13.1.